The Bertz CT molecular complexity index is 1210. The van der Waals surface area contributed by atoms with E-state index in [4.69, 9.17) is 10.5 Å². The van der Waals surface area contributed by atoms with Crippen molar-refractivity contribution in [3.8, 4) is 0 Å². The predicted octanol–water partition coefficient (Wildman–Crippen LogP) is 1.27. The van der Waals surface area contributed by atoms with E-state index in [1.165, 1.54) is 4.90 Å². The maximum atomic E-state index is 13.9. The Labute approximate surface area is 246 Å². The molecule has 1 aromatic rings. The summed E-state index contributed by atoms with van der Waals surface area (Å²) in [6.07, 6.45) is 0.945. The molecule has 42 heavy (non-hydrogen) atoms. The van der Waals surface area contributed by atoms with Crippen LogP contribution < -0.4 is 21.7 Å². The fourth-order valence-corrected chi connectivity index (χ4v) is 5.68. The molecule has 0 aromatic heterocycles. The molecule has 5 amide bonds. The minimum absolute atomic E-state index is 0.0619. The van der Waals surface area contributed by atoms with Gasteiger partial charge in [-0.25, -0.2) is 9.59 Å². The van der Waals surface area contributed by atoms with Crippen molar-refractivity contribution in [3.05, 3.63) is 35.9 Å². The van der Waals surface area contributed by atoms with Gasteiger partial charge in [0.25, 0.3) is 5.91 Å². The minimum atomic E-state index is -1.16. The molecule has 0 spiro atoms. The van der Waals surface area contributed by atoms with E-state index >= 15 is 0 Å². The van der Waals surface area contributed by atoms with E-state index in [0.29, 0.717) is 19.4 Å². The molecular formula is C30H43N5O7. The monoisotopic (exact) mass is 585 g/mol. The molecule has 1 heterocycles. The van der Waals surface area contributed by atoms with Crippen molar-refractivity contribution in [1.29, 1.82) is 0 Å². The Morgan fingerprint density at radius 3 is 2.29 bits per heavy atom. The largest absolute Gasteiger partial charge is 0.459 e. The van der Waals surface area contributed by atoms with Gasteiger partial charge in [0.15, 0.2) is 0 Å². The van der Waals surface area contributed by atoms with Crippen LogP contribution in [0.2, 0.25) is 0 Å². The molecule has 1 aromatic carbocycles. The molecule has 12 heteroatoms. The highest BCUT2D eigenvalue weighted by atomic mass is 16.5. The van der Waals surface area contributed by atoms with Gasteiger partial charge in [0.1, 0.15) is 24.7 Å². The molecule has 5 atom stereocenters. The Balaban J connectivity index is 1.71. The van der Waals surface area contributed by atoms with Crippen LogP contribution in [0, 0.1) is 22.7 Å². The van der Waals surface area contributed by atoms with Crippen molar-refractivity contribution < 1.29 is 33.5 Å². The van der Waals surface area contributed by atoms with Crippen LogP contribution in [0.4, 0.5) is 4.79 Å². The molecule has 1 saturated carbocycles. The summed E-state index contributed by atoms with van der Waals surface area (Å²) < 4.78 is 5.42. The molecule has 1 aliphatic heterocycles. The van der Waals surface area contributed by atoms with Crippen LogP contribution in [0.1, 0.15) is 59.9 Å². The second-order valence-electron chi connectivity index (χ2n) is 12.7. The molecule has 5 N–H and O–H groups in total. The SMILES string of the molecule is CCC[C@H](NC(=O)N[C@H](C(=O)N1C[C@H]2[C@@H]([C@H]1C(=O)NCC(=O)C(N)=O)C2(C)C)C(C)(C)C)C(=O)OCc1ccccc1. The van der Waals surface area contributed by atoms with E-state index in [2.05, 4.69) is 16.0 Å². The van der Waals surface area contributed by atoms with Crippen LogP contribution in [-0.4, -0.2) is 71.6 Å². The van der Waals surface area contributed by atoms with Gasteiger partial charge in [0.05, 0.1) is 6.54 Å². The van der Waals surface area contributed by atoms with Gasteiger partial charge in [-0.3, -0.25) is 19.2 Å². The highest BCUT2D eigenvalue weighted by molar-refractivity contribution is 6.36. The number of benzene rings is 1. The van der Waals surface area contributed by atoms with Crippen LogP contribution in [-0.2, 0) is 35.3 Å². The van der Waals surface area contributed by atoms with Gasteiger partial charge in [0, 0.05) is 6.54 Å². The molecule has 2 fully saturated rings. The zero-order chi connectivity index (χ0) is 31.4. The number of piperidine rings is 1. The fourth-order valence-electron chi connectivity index (χ4n) is 5.68. The van der Waals surface area contributed by atoms with Gasteiger partial charge in [-0.2, -0.15) is 0 Å². The number of carbonyl (C=O) groups excluding carboxylic acids is 6. The van der Waals surface area contributed by atoms with Crippen molar-refractivity contribution in [3.63, 3.8) is 0 Å². The van der Waals surface area contributed by atoms with E-state index in [1.54, 1.807) is 20.8 Å². The molecular weight excluding hydrogens is 542 g/mol. The lowest BCUT2D eigenvalue weighted by molar-refractivity contribution is -0.147. The third-order valence-electron chi connectivity index (χ3n) is 8.24. The number of fused-ring (bicyclic) bond motifs is 1. The summed E-state index contributed by atoms with van der Waals surface area (Å²) in [4.78, 5) is 77.4. The fraction of sp³-hybridized carbons (Fsp3) is 0.600. The average Bonchev–Trinajstić information content (AvgIpc) is 3.23. The van der Waals surface area contributed by atoms with Gasteiger partial charge in [-0.1, -0.05) is 78.3 Å². The Hall–Kier alpha value is -3.96. The third kappa shape index (κ3) is 7.46. The first-order valence-electron chi connectivity index (χ1n) is 14.3. The number of nitrogens with zero attached hydrogens (tertiary/aromatic N) is 1. The van der Waals surface area contributed by atoms with Crippen molar-refractivity contribution in [1.82, 2.24) is 20.9 Å². The minimum Gasteiger partial charge on any atom is -0.459 e. The number of esters is 1. The maximum Gasteiger partial charge on any atom is 0.329 e. The zero-order valence-electron chi connectivity index (χ0n) is 25.2. The summed E-state index contributed by atoms with van der Waals surface area (Å²) in [5.41, 5.74) is 4.86. The number of ketones is 1. The van der Waals surface area contributed by atoms with E-state index < -0.39 is 65.6 Å². The maximum absolute atomic E-state index is 13.9. The van der Waals surface area contributed by atoms with E-state index in [1.807, 2.05) is 51.1 Å². The number of amides is 5. The number of carbonyl (C=O) groups is 6. The number of hydrogen-bond donors (Lipinski definition) is 4. The van der Waals surface area contributed by atoms with Crippen molar-refractivity contribution >= 4 is 35.5 Å². The second kappa shape index (κ2) is 12.9. The van der Waals surface area contributed by atoms with E-state index in [0.717, 1.165) is 5.56 Å². The molecule has 0 radical (unpaired) electrons. The van der Waals surface area contributed by atoms with Crippen molar-refractivity contribution in [2.24, 2.45) is 28.4 Å². The van der Waals surface area contributed by atoms with Gasteiger partial charge in [0.2, 0.25) is 17.6 Å². The summed E-state index contributed by atoms with van der Waals surface area (Å²) >= 11 is 0. The standard InChI is InChI=1S/C30H43N5O7/c1-7-11-19(27(40)42-16-17-12-9-8-10-13-17)33-28(41)34-23(29(2,3)4)26(39)35-15-18-21(30(18,5)6)22(35)25(38)32-14-20(36)24(31)37/h8-10,12-13,18-19,21-23H,7,11,14-16H2,1-6H3,(H2,31,37)(H,32,38)(H2,33,34,41)/t18-,19-,21-,22-,23+/m0/s1. The van der Waals surface area contributed by atoms with Gasteiger partial charge >= 0.3 is 12.0 Å². The van der Waals surface area contributed by atoms with Crippen LogP contribution >= 0.6 is 0 Å². The summed E-state index contributed by atoms with van der Waals surface area (Å²) in [6.45, 7) is 11.1. The van der Waals surface area contributed by atoms with Crippen LogP contribution in [0.3, 0.4) is 0 Å². The first kappa shape index (κ1) is 32.6. The highest BCUT2D eigenvalue weighted by Crippen LogP contribution is 2.65. The van der Waals surface area contributed by atoms with E-state index in [-0.39, 0.29) is 23.9 Å². The quantitative estimate of drug-likeness (QED) is 0.211. The lowest BCUT2D eigenvalue weighted by Crippen LogP contribution is -2.61. The molecule has 230 valence electrons. The number of primary amides is 1. The second-order valence-corrected chi connectivity index (χ2v) is 12.7. The lowest BCUT2D eigenvalue weighted by Gasteiger charge is -2.37. The number of Topliss-reactive ketones (excluding diaryl/α,β-unsaturated/α-hetero) is 1. The Morgan fingerprint density at radius 1 is 1.07 bits per heavy atom. The van der Waals surface area contributed by atoms with Gasteiger partial charge in [-0.15, -0.1) is 0 Å². The summed E-state index contributed by atoms with van der Waals surface area (Å²) in [5.74, 6) is -3.79. The third-order valence-corrected chi connectivity index (χ3v) is 8.24. The zero-order valence-corrected chi connectivity index (χ0v) is 25.2. The first-order chi connectivity index (χ1) is 19.6. The van der Waals surface area contributed by atoms with Crippen LogP contribution in [0.25, 0.3) is 0 Å². The molecule has 2 aliphatic rings. The summed E-state index contributed by atoms with van der Waals surface area (Å²) in [5, 5.41) is 7.83. The lowest BCUT2D eigenvalue weighted by atomic mass is 9.85. The summed E-state index contributed by atoms with van der Waals surface area (Å²) in [6, 6.07) is 5.63. The molecule has 12 nitrogen and oxygen atoms in total. The highest BCUT2D eigenvalue weighted by Gasteiger charge is 2.69. The molecule has 3 rings (SSSR count). The number of ether oxygens (including phenoxy) is 1. The average molecular weight is 586 g/mol. The number of hydrogen-bond acceptors (Lipinski definition) is 7. The molecule has 1 aliphatic carbocycles. The summed E-state index contributed by atoms with van der Waals surface area (Å²) in [7, 11) is 0. The molecule has 0 bridgehead atoms. The number of urea groups is 1. The predicted molar refractivity (Wildman–Crippen MR) is 153 cm³/mol. The number of rotatable bonds is 12. The van der Waals surface area contributed by atoms with E-state index in [9.17, 15) is 28.8 Å². The Kier molecular flexibility index (Phi) is 10.0. The number of nitrogens with one attached hydrogen (secondary N) is 3. The van der Waals surface area contributed by atoms with Crippen LogP contribution in [0.5, 0.6) is 0 Å². The Morgan fingerprint density at radius 2 is 1.71 bits per heavy atom. The number of likely N-dealkylation sites (tertiary alicyclic amines) is 1. The molecule has 0 unspecified atom stereocenters. The van der Waals surface area contributed by atoms with Crippen molar-refractivity contribution in [2.75, 3.05) is 13.1 Å². The van der Waals surface area contributed by atoms with Crippen LogP contribution in [0.15, 0.2) is 30.3 Å². The topological polar surface area (TPSA) is 177 Å². The number of nitrogens with two attached hydrogens (primary N) is 1. The molecule has 1 saturated heterocycles. The smallest absolute Gasteiger partial charge is 0.329 e. The normalized spacial score (nSPS) is 21.8. The van der Waals surface area contributed by atoms with Gasteiger partial charge in [-0.05, 0) is 34.7 Å². The first-order valence-corrected chi connectivity index (χ1v) is 14.3. The van der Waals surface area contributed by atoms with Crippen molar-refractivity contribution in [2.45, 2.75) is 79.1 Å². The van der Waals surface area contributed by atoms with Gasteiger partial charge < -0.3 is 31.3 Å².